The summed E-state index contributed by atoms with van der Waals surface area (Å²) in [6, 6.07) is 5.86. The quantitative estimate of drug-likeness (QED) is 0.342. The number of phenolic OH excluding ortho intramolecular Hbond substituents is 1. The van der Waals surface area contributed by atoms with Crippen LogP contribution < -0.4 is 4.74 Å². The first kappa shape index (κ1) is 14.8. The summed E-state index contributed by atoms with van der Waals surface area (Å²) in [6.45, 7) is 3.41. The molecule has 5 heteroatoms. The van der Waals surface area contributed by atoms with Crippen LogP contribution in [0.15, 0.2) is 36.4 Å². The number of aliphatic carboxylic acids is 1. The van der Waals surface area contributed by atoms with Crippen molar-refractivity contribution in [3.8, 4) is 11.5 Å². The number of benzene rings is 1. The maximum Gasteiger partial charge on any atom is 0.330 e. The Bertz CT molecular complexity index is 461. The number of rotatable bonds is 7. The highest BCUT2D eigenvalue weighted by Crippen LogP contribution is 2.17. The van der Waals surface area contributed by atoms with Crippen molar-refractivity contribution in [1.82, 2.24) is 0 Å². The maximum absolute atomic E-state index is 11.5. The number of carbonyl (C=O) groups is 2. The molecule has 19 heavy (non-hydrogen) atoms. The molecule has 0 heterocycles. The van der Waals surface area contributed by atoms with Crippen LogP contribution in [0.25, 0.3) is 0 Å². The number of ether oxygens (including phenoxy) is 1. The number of phenols is 1. The molecule has 0 saturated heterocycles. The van der Waals surface area contributed by atoms with Gasteiger partial charge in [-0.2, -0.15) is 0 Å². The highest BCUT2D eigenvalue weighted by Gasteiger charge is 2.07. The lowest BCUT2D eigenvalue weighted by Crippen LogP contribution is -2.07. The second-order valence-electron chi connectivity index (χ2n) is 4.08. The van der Waals surface area contributed by atoms with Crippen molar-refractivity contribution in [3.05, 3.63) is 36.4 Å². The number of esters is 1. The van der Waals surface area contributed by atoms with E-state index in [0.29, 0.717) is 25.0 Å². The lowest BCUT2D eigenvalue weighted by atomic mass is 10.1. The summed E-state index contributed by atoms with van der Waals surface area (Å²) in [5, 5.41) is 17.7. The predicted molar refractivity (Wildman–Crippen MR) is 69.0 cm³/mol. The molecule has 0 fully saturated rings. The van der Waals surface area contributed by atoms with E-state index in [4.69, 9.17) is 14.9 Å². The van der Waals surface area contributed by atoms with Gasteiger partial charge in [0.2, 0.25) is 0 Å². The van der Waals surface area contributed by atoms with Crippen molar-refractivity contribution in [3.63, 3.8) is 0 Å². The first-order valence-electron chi connectivity index (χ1n) is 5.90. The van der Waals surface area contributed by atoms with Crippen LogP contribution in [0, 0.1) is 0 Å². The van der Waals surface area contributed by atoms with Crippen LogP contribution in [0.5, 0.6) is 11.5 Å². The Hall–Kier alpha value is -2.30. The number of hydrogen-bond acceptors (Lipinski definition) is 4. The van der Waals surface area contributed by atoms with Gasteiger partial charge in [-0.1, -0.05) is 6.58 Å². The molecule has 1 rings (SSSR count). The van der Waals surface area contributed by atoms with Crippen LogP contribution in [-0.4, -0.2) is 22.2 Å². The summed E-state index contributed by atoms with van der Waals surface area (Å²) < 4.78 is 5.04. The fourth-order valence-electron chi connectivity index (χ4n) is 1.41. The van der Waals surface area contributed by atoms with Crippen LogP contribution in [-0.2, 0) is 9.59 Å². The van der Waals surface area contributed by atoms with Gasteiger partial charge in [-0.3, -0.25) is 4.79 Å². The number of hydrogen-bond donors (Lipinski definition) is 2. The average Bonchev–Trinajstić information content (AvgIpc) is 2.37. The van der Waals surface area contributed by atoms with Gasteiger partial charge in [0.05, 0.1) is 0 Å². The fourth-order valence-corrected chi connectivity index (χ4v) is 1.41. The van der Waals surface area contributed by atoms with Crippen molar-refractivity contribution in [2.24, 2.45) is 0 Å². The molecule has 0 atom stereocenters. The Morgan fingerprint density at radius 1 is 1.11 bits per heavy atom. The highest BCUT2D eigenvalue weighted by atomic mass is 16.5. The van der Waals surface area contributed by atoms with E-state index < -0.39 is 5.97 Å². The Balaban J connectivity index is 2.23. The third-order valence-corrected chi connectivity index (χ3v) is 2.48. The molecular weight excluding hydrogens is 248 g/mol. The van der Waals surface area contributed by atoms with Crippen LogP contribution in [0.4, 0.5) is 0 Å². The van der Waals surface area contributed by atoms with Gasteiger partial charge in [-0.15, -0.1) is 0 Å². The second-order valence-corrected chi connectivity index (χ2v) is 4.08. The van der Waals surface area contributed by atoms with Gasteiger partial charge in [-0.05, 0) is 43.5 Å². The zero-order valence-electron chi connectivity index (χ0n) is 10.5. The highest BCUT2D eigenvalue weighted by molar-refractivity contribution is 5.85. The van der Waals surface area contributed by atoms with Gasteiger partial charge in [0.15, 0.2) is 0 Å². The predicted octanol–water partition coefficient (Wildman–Crippen LogP) is 2.50. The molecule has 0 aromatic heterocycles. The van der Waals surface area contributed by atoms with E-state index in [9.17, 15) is 9.59 Å². The number of carboxylic acids is 1. The Kier molecular flexibility index (Phi) is 5.60. The summed E-state index contributed by atoms with van der Waals surface area (Å²) in [6.07, 6.45) is 1.70. The van der Waals surface area contributed by atoms with Crippen LogP contribution in [0.3, 0.4) is 0 Å². The van der Waals surface area contributed by atoms with E-state index in [-0.39, 0.29) is 23.7 Å². The molecule has 0 radical (unpaired) electrons. The molecule has 5 nitrogen and oxygen atoms in total. The molecule has 0 aliphatic heterocycles. The van der Waals surface area contributed by atoms with Crippen molar-refractivity contribution in [1.29, 1.82) is 0 Å². The van der Waals surface area contributed by atoms with E-state index in [0.717, 1.165) is 0 Å². The van der Waals surface area contributed by atoms with Gasteiger partial charge in [0.1, 0.15) is 11.5 Å². The van der Waals surface area contributed by atoms with Crippen LogP contribution in [0.1, 0.15) is 25.7 Å². The molecule has 0 spiro atoms. The summed E-state index contributed by atoms with van der Waals surface area (Å²) in [7, 11) is 0. The fraction of sp³-hybridized carbons (Fsp3) is 0.286. The molecule has 0 saturated carbocycles. The van der Waals surface area contributed by atoms with E-state index >= 15 is 0 Å². The first-order valence-corrected chi connectivity index (χ1v) is 5.90. The Labute approximate surface area is 111 Å². The van der Waals surface area contributed by atoms with Gasteiger partial charge < -0.3 is 14.9 Å². The monoisotopic (exact) mass is 264 g/mol. The molecule has 102 valence electrons. The zero-order valence-corrected chi connectivity index (χ0v) is 10.5. The minimum atomic E-state index is -1.01. The number of carboxylic acid groups (broad SMARTS) is 1. The third kappa shape index (κ3) is 5.72. The van der Waals surface area contributed by atoms with E-state index in [1.807, 2.05) is 0 Å². The van der Waals surface area contributed by atoms with E-state index in [2.05, 4.69) is 6.58 Å². The van der Waals surface area contributed by atoms with Crippen molar-refractivity contribution >= 4 is 11.9 Å². The van der Waals surface area contributed by atoms with Crippen LogP contribution in [0.2, 0.25) is 0 Å². The molecule has 1 aromatic rings. The lowest BCUT2D eigenvalue weighted by Gasteiger charge is -2.04. The van der Waals surface area contributed by atoms with Crippen molar-refractivity contribution in [2.45, 2.75) is 25.7 Å². The molecule has 0 amide bonds. The minimum Gasteiger partial charge on any atom is -0.508 e. The minimum absolute atomic E-state index is 0.104. The topological polar surface area (TPSA) is 83.8 Å². The standard InChI is InChI=1S/C14H16O5/c1-10(14(17)18)4-2-3-5-13(16)19-12-8-6-11(15)7-9-12/h6-9,15H,1-5H2,(H,17,18). The Morgan fingerprint density at radius 3 is 2.26 bits per heavy atom. The molecule has 2 N–H and O–H groups in total. The largest absolute Gasteiger partial charge is 0.508 e. The van der Waals surface area contributed by atoms with Gasteiger partial charge in [-0.25, -0.2) is 4.79 Å². The van der Waals surface area contributed by atoms with Gasteiger partial charge in [0.25, 0.3) is 0 Å². The smallest absolute Gasteiger partial charge is 0.330 e. The number of carbonyl (C=O) groups excluding carboxylic acids is 1. The molecule has 0 unspecified atom stereocenters. The first-order chi connectivity index (χ1) is 8.99. The van der Waals surface area contributed by atoms with Gasteiger partial charge >= 0.3 is 11.9 Å². The summed E-state index contributed by atoms with van der Waals surface area (Å²) >= 11 is 0. The summed E-state index contributed by atoms with van der Waals surface area (Å²) in [5.41, 5.74) is 0.145. The number of unbranched alkanes of at least 4 members (excludes halogenated alkanes) is 1. The molecule has 0 bridgehead atoms. The van der Waals surface area contributed by atoms with E-state index in [1.165, 1.54) is 24.3 Å². The second kappa shape index (κ2) is 7.20. The normalized spacial score (nSPS) is 9.89. The van der Waals surface area contributed by atoms with Gasteiger partial charge in [0, 0.05) is 12.0 Å². The third-order valence-electron chi connectivity index (χ3n) is 2.48. The molecule has 0 aliphatic rings. The average molecular weight is 264 g/mol. The number of aromatic hydroxyl groups is 1. The van der Waals surface area contributed by atoms with Crippen LogP contribution >= 0.6 is 0 Å². The molecular formula is C14H16O5. The SMILES string of the molecule is C=C(CCCCC(=O)Oc1ccc(O)cc1)C(=O)O. The lowest BCUT2D eigenvalue weighted by molar-refractivity contribution is -0.134. The summed E-state index contributed by atoms with van der Waals surface area (Å²) in [5.74, 6) is -0.914. The van der Waals surface area contributed by atoms with E-state index in [1.54, 1.807) is 0 Å². The zero-order chi connectivity index (χ0) is 14.3. The summed E-state index contributed by atoms with van der Waals surface area (Å²) in [4.78, 5) is 21.9. The van der Waals surface area contributed by atoms with Crippen molar-refractivity contribution < 1.29 is 24.5 Å². The maximum atomic E-state index is 11.5. The molecule has 0 aliphatic carbocycles. The van der Waals surface area contributed by atoms with Crippen molar-refractivity contribution in [2.75, 3.05) is 0 Å². The Morgan fingerprint density at radius 2 is 1.68 bits per heavy atom. The molecule has 1 aromatic carbocycles.